The Morgan fingerprint density at radius 1 is 0.932 bits per heavy atom. The fraction of sp³-hybridized carbons (Fsp3) is 0.278. The van der Waals surface area contributed by atoms with Gasteiger partial charge in [-0.25, -0.2) is 9.59 Å². The Kier molecular flexibility index (Phi) is 9.94. The summed E-state index contributed by atoms with van der Waals surface area (Å²) in [7, 11) is 3.20. The first kappa shape index (κ1) is 30.8. The molecular weight excluding hydrogens is 556 g/mol. The van der Waals surface area contributed by atoms with E-state index in [0.29, 0.717) is 29.8 Å². The number of carbonyl (C=O) groups is 2. The van der Waals surface area contributed by atoms with E-state index in [1.807, 2.05) is 60.7 Å². The number of hydrogen-bond acceptors (Lipinski definition) is 7. The van der Waals surface area contributed by atoms with E-state index < -0.39 is 18.2 Å². The van der Waals surface area contributed by atoms with Crippen LogP contribution in [-0.2, 0) is 24.2 Å². The van der Waals surface area contributed by atoms with Crippen LogP contribution >= 0.6 is 0 Å². The lowest BCUT2D eigenvalue weighted by molar-refractivity contribution is 0.0635. The average molecular weight is 595 g/mol. The van der Waals surface area contributed by atoms with Crippen LogP contribution in [0.15, 0.2) is 97.1 Å². The first-order valence-corrected chi connectivity index (χ1v) is 14.8. The Hall–Kier alpha value is -4.66. The maximum absolute atomic E-state index is 13.3. The molecule has 0 saturated carbocycles. The number of methoxy groups -OCH3 is 1. The largest absolute Gasteiger partial charge is 0.497 e. The van der Waals surface area contributed by atoms with Crippen LogP contribution in [0.4, 0.5) is 10.5 Å². The number of fused-ring (bicyclic) bond motifs is 1. The number of anilines is 1. The number of aliphatic hydroxyl groups is 1. The highest BCUT2D eigenvalue weighted by Crippen LogP contribution is 2.42. The molecule has 0 aliphatic heterocycles. The van der Waals surface area contributed by atoms with Crippen LogP contribution in [-0.4, -0.2) is 43.4 Å². The van der Waals surface area contributed by atoms with Gasteiger partial charge >= 0.3 is 12.1 Å². The second kappa shape index (κ2) is 14.2. The fourth-order valence-corrected chi connectivity index (χ4v) is 5.65. The zero-order valence-electron chi connectivity index (χ0n) is 25.2. The number of carbonyl (C=O) groups excluding carboxylic acids is 2. The molecule has 1 aliphatic carbocycles. The normalized spacial score (nSPS) is 16.4. The maximum Gasteiger partial charge on any atom is 0.422 e. The topological polar surface area (TPSA) is 97.3 Å². The van der Waals surface area contributed by atoms with Crippen molar-refractivity contribution >= 4 is 17.7 Å². The molecule has 0 radical (unpaired) electrons. The summed E-state index contributed by atoms with van der Waals surface area (Å²) in [5.41, 5.74) is 4.39. The lowest BCUT2D eigenvalue weighted by atomic mass is 9.84. The quantitative estimate of drug-likeness (QED) is 0.165. The van der Waals surface area contributed by atoms with E-state index in [0.717, 1.165) is 23.3 Å². The van der Waals surface area contributed by atoms with Gasteiger partial charge in [0.25, 0.3) is 0 Å². The molecule has 3 atom stereocenters. The molecule has 0 saturated heterocycles. The summed E-state index contributed by atoms with van der Waals surface area (Å²) in [5.74, 6) is 0.537. The van der Waals surface area contributed by atoms with Gasteiger partial charge in [0, 0.05) is 19.1 Å². The first-order chi connectivity index (χ1) is 21.3. The lowest BCUT2D eigenvalue weighted by Gasteiger charge is -2.35. The molecule has 44 heavy (non-hydrogen) atoms. The van der Waals surface area contributed by atoms with E-state index in [-0.39, 0.29) is 24.3 Å². The molecule has 8 heteroatoms. The minimum atomic E-state index is -0.834. The van der Waals surface area contributed by atoms with Crippen molar-refractivity contribution in [2.75, 3.05) is 19.1 Å². The van der Waals surface area contributed by atoms with Gasteiger partial charge in [-0.15, -0.1) is 0 Å². The SMILES string of the molecule is COc1ccc(CC(C)NC2CCc3c(ccc(OCc4ccccc4)c3N(C)C(=O)OC(=O)c3ccccc3)C2O)cc1. The Morgan fingerprint density at radius 3 is 2.30 bits per heavy atom. The average Bonchev–Trinajstić information content (AvgIpc) is 3.05. The van der Waals surface area contributed by atoms with E-state index in [4.69, 9.17) is 14.2 Å². The summed E-state index contributed by atoms with van der Waals surface area (Å²) in [6, 6.07) is 29.6. The number of hydrogen-bond donors (Lipinski definition) is 2. The van der Waals surface area contributed by atoms with E-state index in [1.165, 1.54) is 10.5 Å². The molecule has 0 heterocycles. The molecule has 1 aliphatic rings. The Morgan fingerprint density at radius 2 is 1.61 bits per heavy atom. The van der Waals surface area contributed by atoms with Crippen LogP contribution in [0.5, 0.6) is 11.5 Å². The molecule has 0 bridgehead atoms. The molecule has 1 amide bonds. The van der Waals surface area contributed by atoms with Gasteiger partial charge in [-0.05, 0) is 78.8 Å². The monoisotopic (exact) mass is 594 g/mol. The first-order valence-electron chi connectivity index (χ1n) is 14.8. The lowest BCUT2D eigenvalue weighted by Crippen LogP contribution is -2.44. The van der Waals surface area contributed by atoms with Crippen molar-refractivity contribution in [2.24, 2.45) is 0 Å². The van der Waals surface area contributed by atoms with Crippen molar-refractivity contribution in [3.05, 3.63) is 125 Å². The molecule has 4 aromatic rings. The summed E-state index contributed by atoms with van der Waals surface area (Å²) in [4.78, 5) is 27.3. The van der Waals surface area contributed by atoms with Gasteiger partial charge in [-0.1, -0.05) is 66.7 Å². The molecule has 228 valence electrons. The van der Waals surface area contributed by atoms with Gasteiger partial charge in [0.2, 0.25) is 0 Å². The highest BCUT2D eigenvalue weighted by Gasteiger charge is 2.34. The predicted octanol–water partition coefficient (Wildman–Crippen LogP) is 6.26. The van der Waals surface area contributed by atoms with E-state index in [2.05, 4.69) is 12.2 Å². The van der Waals surface area contributed by atoms with Crippen LogP contribution in [0, 0.1) is 0 Å². The molecule has 8 nitrogen and oxygen atoms in total. The van der Waals surface area contributed by atoms with Gasteiger partial charge in [0.1, 0.15) is 18.1 Å². The maximum atomic E-state index is 13.3. The van der Waals surface area contributed by atoms with Crippen LogP contribution in [0.2, 0.25) is 0 Å². The second-order valence-corrected chi connectivity index (χ2v) is 11.0. The van der Waals surface area contributed by atoms with Gasteiger partial charge in [0.15, 0.2) is 0 Å². The zero-order valence-corrected chi connectivity index (χ0v) is 25.2. The number of amides is 1. The van der Waals surface area contributed by atoms with Crippen molar-refractivity contribution in [3.8, 4) is 11.5 Å². The van der Waals surface area contributed by atoms with Crippen LogP contribution < -0.4 is 19.7 Å². The number of nitrogens with zero attached hydrogens (tertiary/aromatic N) is 1. The fourth-order valence-electron chi connectivity index (χ4n) is 5.65. The number of esters is 1. The van der Waals surface area contributed by atoms with Crippen LogP contribution in [0.1, 0.15) is 52.1 Å². The standard InChI is InChI=1S/C36H38N2O6/c1-24(22-25-14-16-28(42-3)17-15-25)37-31-20-18-29-30(34(31)39)19-21-32(43-23-26-10-6-4-7-11-26)33(29)38(2)36(41)44-35(40)27-12-8-5-9-13-27/h4-17,19,21,24,31,34,37,39H,18,20,22-23H2,1-3H3. The zero-order chi connectivity index (χ0) is 31.1. The van der Waals surface area contributed by atoms with Gasteiger partial charge in [-0.2, -0.15) is 0 Å². The molecule has 0 fully saturated rings. The molecule has 5 rings (SSSR count). The van der Waals surface area contributed by atoms with E-state index in [1.54, 1.807) is 50.6 Å². The van der Waals surface area contributed by atoms with Crippen molar-refractivity contribution in [2.45, 2.75) is 51.0 Å². The number of nitrogens with one attached hydrogen (secondary N) is 1. The molecule has 4 aromatic carbocycles. The Labute approximate surface area is 258 Å². The van der Waals surface area contributed by atoms with Crippen molar-refractivity contribution in [1.82, 2.24) is 5.32 Å². The van der Waals surface area contributed by atoms with Gasteiger partial charge < -0.3 is 24.6 Å². The summed E-state index contributed by atoms with van der Waals surface area (Å²) < 4.78 is 16.7. The highest BCUT2D eigenvalue weighted by atomic mass is 16.6. The molecule has 0 aromatic heterocycles. The summed E-state index contributed by atoms with van der Waals surface area (Å²) in [6.07, 6.45) is 0.375. The minimum Gasteiger partial charge on any atom is -0.497 e. The smallest absolute Gasteiger partial charge is 0.422 e. The van der Waals surface area contributed by atoms with Crippen LogP contribution in [0.3, 0.4) is 0 Å². The third-order valence-electron chi connectivity index (χ3n) is 7.92. The third-order valence-corrected chi connectivity index (χ3v) is 7.92. The molecule has 2 N–H and O–H groups in total. The van der Waals surface area contributed by atoms with Crippen molar-refractivity contribution < 1.29 is 28.9 Å². The number of benzene rings is 4. The van der Waals surface area contributed by atoms with Crippen LogP contribution in [0.25, 0.3) is 0 Å². The number of ether oxygens (including phenoxy) is 3. The van der Waals surface area contributed by atoms with Crippen molar-refractivity contribution in [1.29, 1.82) is 0 Å². The van der Waals surface area contributed by atoms with E-state index >= 15 is 0 Å². The van der Waals surface area contributed by atoms with Gasteiger partial charge in [0.05, 0.1) is 24.5 Å². The minimum absolute atomic E-state index is 0.110. The Bertz CT molecular complexity index is 1560. The number of aliphatic hydroxyl groups excluding tert-OH is 1. The van der Waals surface area contributed by atoms with E-state index in [9.17, 15) is 14.7 Å². The summed E-state index contributed by atoms with van der Waals surface area (Å²) >= 11 is 0. The summed E-state index contributed by atoms with van der Waals surface area (Å²) in [6.45, 7) is 2.39. The predicted molar refractivity (Wildman–Crippen MR) is 169 cm³/mol. The van der Waals surface area contributed by atoms with Crippen molar-refractivity contribution in [3.63, 3.8) is 0 Å². The third kappa shape index (κ3) is 7.27. The Balaban J connectivity index is 1.37. The molecule has 3 unspecified atom stereocenters. The molecule has 0 spiro atoms. The van der Waals surface area contributed by atoms with Gasteiger partial charge in [-0.3, -0.25) is 4.90 Å². The molecular formula is C36H38N2O6. The highest BCUT2D eigenvalue weighted by molar-refractivity contribution is 6.02. The number of rotatable bonds is 10. The summed E-state index contributed by atoms with van der Waals surface area (Å²) in [5, 5.41) is 15.1. The second-order valence-electron chi connectivity index (χ2n) is 11.0.